The third-order valence-electron chi connectivity index (χ3n) is 7.72. The van der Waals surface area contributed by atoms with E-state index in [4.69, 9.17) is 4.74 Å². The molecule has 5 aliphatic carbocycles. The van der Waals surface area contributed by atoms with E-state index >= 15 is 0 Å². The smallest absolute Gasteiger partial charge is 0.329 e. The fourth-order valence-electron chi connectivity index (χ4n) is 6.42. The Bertz CT molecular complexity index is 828. The number of hydrogen-bond donors (Lipinski definition) is 2. The molecule has 1 aromatic carbocycles. The van der Waals surface area contributed by atoms with E-state index < -0.39 is 18.1 Å². The van der Waals surface area contributed by atoms with Crippen molar-refractivity contribution in [1.82, 2.24) is 10.6 Å². The number of amides is 2. The summed E-state index contributed by atoms with van der Waals surface area (Å²) in [7, 11) is 0. The highest BCUT2D eigenvalue weighted by molar-refractivity contribution is 5.90. The van der Waals surface area contributed by atoms with Crippen molar-refractivity contribution in [2.75, 3.05) is 0 Å². The van der Waals surface area contributed by atoms with Crippen LogP contribution < -0.4 is 10.6 Å². The Morgan fingerprint density at radius 3 is 2.10 bits per heavy atom. The first-order valence-corrected chi connectivity index (χ1v) is 11.8. The lowest BCUT2D eigenvalue weighted by molar-refractivity contribution is -0.161. The van der Waals surface area contributed by atoms with Gasteiger partial charge in [-0.2, -0.15) is 0 Å². The van der Waals surface area contributed by atoms with Gasteiger partial charge in [0.1, 0.15) is 6.04 Å². The van der Waals surface area contributed by atoms with Crippen LogP contribution in [0.3, 0.4) is 0 Å². The van der Waals surface area contributed by atoms with Crippen LogP contribution in [-0.2, 0) is 19.1 Å². The van der Waals surface area contributed by atoms with E-state index in [9.17, 15) is 14.4 Å². The Morgan fingerprint density at radius 2 is 1.55 bits per heavy atom. The van der Waals surface area contributed by atoms with Gasteiger partial charge in [-0.25, -0.2) is 4.79 Å². The summed E-state index contributed by atoms with van der Waals surface area (Å²) in [5.41, 5.74) is 0.319. The summed E-state index contributed by atoms with van der Waals surface area (Å²) < 4.78 is 5.64. The van der Waals surface area contributed by atoms with Crippen LogP contribution in [0.4, 0.5) is 0 Å². The van der Waals surface area contributed by atoms with Crippen LogP contribution in [0.15, 0.2) is 30.3 Å². The first kappa shape index (κ1) is 20.5. The summed E-state index contributed by atoms with van der Waals surface area (Å²) in [5, 5.41) is 5.86. The first-order chi connectivity index (χ1) is 14.9. The van der Waals surface area contributed by atoms with E-state index in [0.29, 0.717) is 23.3 Å². The zero-order valence-electron chi connectivity index (χ0n) is 18.1. The van der Waals surface area contributed by atoms with Gasteiger partial charge in [-0.1, -0.05) is 30.3 Å². The zero-order chi connectivity index (χ0) is 21.6. The molecule has 4 bridgehead atoms. The van der Waals surface area contributed by atoms with Gasteiger partial charge < -0.3 is 15.4 Å². The monoisotopic (exact) mass is 424 g/mol. The molecule has 5 saturated carbocycles. The number of carbonyl (C=O) groups is 3. The van der Waals surface area contributed by atoms with Gasteiger partial charge >= 0.3 is 5.97 Å². The molecular formula is C25H32N2O4. The van der Waals surface area contributed by atoms with Crippen LogP contribution in [0.25, 0.3) is 0 Å². The average Bonchev–Trinajstić information content (AvgIpc) is 3.55. The van der Waals surface area contributed by atoms with Gasteiger partial charge in [0, 0.05) is 17.0 Å². The van der Waals surface area contributed by atoms with Crippen molar-refractivity contribution in [3.63, 3.8) is 0 Å². The number of esters is 1. The second-order valence-electron chi connectivity index (χ2n) is 10.4. The molecule has 166 valence electrons. The molecule has 0 spiro atoms. The van der Waals surface area contributed by atoms with E-state index in [1.165, 1.54) is 19.3 Å². The molecule has 1 aromatic rings. The minimum absolute atomic E-state index is 0.00487. The van der Waals surface area contributed by atoms with E-state index in [2.05, 4.69) is 10.6 Å². The minimum atomic E-state index is -1.01. The summed E-state index contributed by atoms with van der Waals surface area (Å²) in [6.45, 7) is 1.65. The molecule has 31 heavy (non-hydrogen) atoms. The normalized spacial score (nSPS) is 32.7. The van der Waals surface area contributed by atoms with Gasteiger partial charge in [0.2, 0.25) is 12.0 Å². The van der Waals surface area contributed by atoms with Crippen LogP contribution >= 0.6 is 0 Å². The van der Waals surface area contributed by atoms with Crippen molar-refractivity contribution < 1.29 is 19.1 Å². The second kappa shape index (κ2) is 7.95. The van der Waals surface area contributed by atoms with Crippen molar-refractivity contribution in [2.24, 2.45) is 23.2 Å². The van der Waals surface area contributed by atoms with Crippen molar-refractivity contribution >= 4 is 17.8 Å². The number of carbonyl (C=O) groups excluding carboxylic acids is 3. The molecule has 0 aliphatic heterocycles. The predicted molar refractivity (Wildman–Crippen MR) is 115 cm³/mol. The third-order valence-corrected chi connectivity index (χ3v) is 7.72. The molecule has 0 unspecified atom stereocenters. The van der Waals surface area contributed by atoms with E-state index in [-0.39, 0.29) is 23.3 Å². The van der Waals surface area contributed by atoms with Gasteiger partial charge in [-0.15, -0.1) is 0 Å². The van der Waals surface area contributed by atoms with Gasteiger partial charge in [-0.3, -0.25) is 9.59 Å². The third kappa shape index (κ3) is 4.21. The summed E-state index contributed by atoms with van der Waals surface area (Å²) >= 11 is 0. The fraction of sp³-hybridized carbons (Fsp3) is 0.640. The number of benzene rings is 1. The Labute approximate surface area is 183 Å². The Balaban J connectivity index is 1.24. The number of rotatable bonds is 7. The van der Waals surface area contributed by atoms with Gasteiger partial charge in [0.25, 0.3) is 5.91 Å². The van der Waals surface area contributed by atoms with Crippen molar-refractivity contribution in [1.29, 1.82) is 0 Å². The molecule has 6 nitrogen and oxygen atoms in total. The quantitative estimate of drug-likeness (QED) is 0.658. The fourth-order valence-corrected chi connectivity index (χ4v) is 6.42. The molecule has 2 atom stereocenters. The van der Waals surface area contributed by atoms with E-state index in [0.717, 1.165) is 32.1 Å². The van der Waals surface area contributed by atoms with Gasteiger partial charge in [0.15, 0.2) is 0 Å². The molecular weight excluding hydrogens is 392 g/mol. The van der Waals surface area contributed by atoms with Crippen LogP contribution in [0.2, 0.25) is 0 Å². The Morgan fingerprint density at radius 1 is 0.968 bits per heavy atom. The summed E-state index contributed by atoms with van der Waals surface area (Å²) in [6.07, 6.45) is 7.54. The number of ether oxygens (including phenoxy) is 1. The Kier molecular flexibility index (Phi) is 5.27. The molecule has 6 heteroatoms. The second-order valence-corrected chi connectivity index (χ2v) is 10.4. The molecule has 2 amide bonds. The zero-order valence-corrected chi connectivity index (χ0v) is 18.1. The molecule has 5 aliphatic rings. The average molecular weight is 425 g/mol. The van der Waals surface area contributed by atoms with Gasteiger partial charge in [0.05, 0.1) is 0 Å². The van der Waals surface area contributed by atoms with Crippen molar-refractivity contribution in [3.8, 4) is 0 Å². The van der Waals surface area contributed by atoms with E-state index in [1.54, 1.807) is 19.1 Å². The maximum absolute atomic E-state index is 13.3. The summed E-state index contributed by atoms with van der Waals surface area (Å²) in [6, 6.07) is 8.44. The molecule has 2 N–H and O–H groups in total. The van der Waals surface area contributed by atoms with Gasteiger partial charge in [-0.05, 0) is 76.0 Å². The molecule has 5 fully saturated rings. The maximum Gasteiger partial charge on any atom is 0.329 e. The van der Waals surface area contributed by atoms with Crippen molar-refractivity contribution in [3.05, 3.63) is 35.9 Å². The summed E-state index contributed by atoms with van der Waals surface area (Å²) in [4.78, 5) is 38.9. The predicted octanol–water partition coefficient (Wildman–Crippen LogP) is 3.27. The first-order valence-electron chi connectivity index (χ1n) is 11.8. The maximum atomic E-state index is 13.3. The van der Waals surface area contributed by atoms with Crippen molar-refractivity contribution in [2.45, 2.75) is 76.5 Å². The molecule has 0 saturated heterocycles. The van der Waals surface area contributed by atoms with Crippen LogP contribution in [0.5, 0.6) is 0 Å². The highest BCUT2D eigenvalue weighted by Gasteiger charge is 2.54. The number of hydrogen-bond acceptors (Lipinski definition) is 4. The molecule has 6 rings (SSSR count). The highest BCUT2D eigenvalue weighted by Crippen LogP contribution is 2.60. The van der Waals surface area contributed by atoms with Crippen LogP contribution in [0, 0.1) is 23.2 Å². The summed E-state index contributed by atoms with van der Waals surface area (Å²) in [5.74, 6) is 1.10. The van der Waals surface area contributed by atoms with E-state index in [1.807, 2.05) is 18.2 Å². The highest BCUT2D eigenvalue weighted by atomic mass is 16.5. The lowest BCUT2D eigenvalue weighted by atomic mass is 9.49. The largest absolute Gasteiger partial charge is 0.446 e. The van der Waals surface area contributed by atoms with Crippen LogP contribution in [-0.4, -0.2) is 29.9 Å². The standard InChI is InChI=1S/C25H32N2O4/c1-15(26-24(30)25-12-16-9-17(13-25)11-18(10-16)14-25)23(29)31-21(19-5-3-2-4-6-19)22(28)27-20-7-8-20/h2-6,15-18,20-21H,7-14H2,1H3,(H,26,30)(H,27,28)/t15-,16?,17?,18?,21+,25?/m0/s1. The number of nitrogens with one attached hydrogen (secondary N) is 2. The molecule has 0 radical (unpaired) electrons. The topological polar surface area (TPSA) is 84.5 Å². The van der Waals surface area contributed by atoms with Crippen LogP contribution in [0.1, 0.15) is 70.0 Å². The minimum Gasteiger partial charge on any atom is -0.446 e. The lowest BCUT2D eigenvalue weighted by Gasteiger charge is -2.55. The SMILES string of the molecule is C[C@H](NC(=O)C12CC3CC(CC(C3)C1)C2)C(=O)O[C@@H](C(=O)NC1CC1)c1ccccc1. The molecule has 0 aromatic heterocycles. The Hall–Kier alpha value is -2.37. The lowest BCUT2D eigenvalue weighted by Crippen LogP contribution is -2.56. The molecule has 0 heterocycles.